The van der Waals surface area contributed by atoms with E-state index in [0.717, 1.165) is 23.4 Å². The molecule has 0 unspecified atom stereocenters. The predicted octanol–water partition coefficient (Wildman–Crippen LogP) is 3.37. The van der Waals surface area contributed by atoms with Crippen LogP contribution in [-0.4, -0.2) is 44.4 Å². The number of nitrogens with zero attached hydrogens (tertiary/aromatic N) is 1. The Kier molecular flexibility index (Phi) is 7.67. The Bertz CT molecular complexity index is 968. The molecule has 1 fully saturated rings. The highest BCUT2D eigenvalue weighted by atomic mass is 32.2. The smallest absolute Gasteiger partial charge is 0.243 e. The highest BCUT2D eigenvalue weighted by Crippen LogP contribution is 2.24. The molecule has 1 saturated heterocycles. The lowest BCUT2D eigenvalue weighted by molar-refractivity contribution is -0.126. The Morgan fingerprint density at radius 2 is 1.71 bits per heavy atom. The van der Waals surface area contributed by atoms with Gasteiger partial charge in [0.05, 0.1) is 11.0 Å². The van der Waals surface area contributed by atoms with Crippen molar-refractivity contribution in [1.82, 2.24) is 9.62 Å². The monoisotopic (exact) mass is 448 g/mol. The highest BCUT2D eigenvalue weighted by Gasteiger charge is 2.31. The van der Waals surface area contributed by atoms with E-state index in [1.54, 1.807) is 0 Å². The predicted molar refractivity (Wildman–Crippen MR) is 117 cm³/mol. The maximum absolute atomic E-state index is 13.1. The van der Waals surface area contributed by atoms with E-state index < -0.39 is 15.8 Å². The summed E-state index contributed by atoms with van der Waals surface area (Å²) in [5, 5.41) is 2.96. The molecule has 0 radical (unpaired) electrons. The lowest BCUT2D eigenvalue weighted by atomic mass is 9.97. The molecule has 0 saturated carbocycles. The number of sulfonamides is 1. The fourth-order valence-corrected chi connectivity index (χ4v) is 5.06. The second-order valence-electron chi connectivity index (χ2n) is 7.98. The average molecular weight is 449 g/mol. The summed E-state index contributed by atoms with van der Waals surface area (Å²) in [4.78, 5) is 12.6. The number of rotatable bonds is 8. The molecule has 1 heterocycles. The quantitative estimate of drug-likeness (QED) is 0.672. The Labute approximate surface area is 183 Å². The fourth-order valence-electron chi connectivity index (χ4n) is 3.60. The van der Waals surface area contributed by atoms with Crippen molar-refractivity contribution in [3.05, 3.63) is 59.9 Å². The lowest BCUT2D eigenvalue weighted by Gasteiger charge is -2.30. The van der Waals surface area contributed by atoms with Crippen LogP contribution in [0.1, 0.15) is 32.3 Å². The third-order valence-corrected chi connectivity index (χ3v) is 7.20. The van der Waals surface area contributed by atoms with Gasteiger partial charge in [0.2, 0.25) is 15.9 Å². The van der Waals surface area contributed by atoms with Crippen molar-refractivity contribution in [3.63, 3.8) is 0 Å². The summed E-state index contributed by atoms with van der Waals surface area (Å²) >= 11 is 0. The summed E-state index contributed by atoms with van der Waals surface area (Å²) in [6.45, 7) is 5.03. The van der Waals surface area contributed by atoms with Gasteiger partial charge in [0.25, 0.3) is 0 Å². The van der Waals surface area contributed by atoms with Gasteiger partial charge in [-0.15, -0.1) is 0 Å². The van der Waals surface area contributed by atoms with Crippen LogP contribution in [0.2, 0.25) is 0 Å². The SMILES string of the molecule is CC(C)Oc1ccc(CCNC(=O)C2CCN(S(=O)(=O)c3ccc(F)cc3)CC2)cc1. The minimum absolute atomic E-state index is 0.0430. The van der Waals surface area contributed by atoms with Crippen LogP contribution in [0.25, 0.3) is 0 Å². The molecule has 6 nitrogen and oxygen atoms in total. The van der Waals surface area contributed by atoms with E-state index in [1.807, 2.05) is 38.1 Å². The van der Waals surface area contributed by atoms with Gasteiger partial charge in [-0.3, -0.25) is 4.79 Å². The van der Waals surface area contributed by atoms with Gasteiger partial charge in [-0.25, -0.2) is 12.8 Å². The molecule has 0 aromatic heterocycles. The Morgan fingerprint density at radius 3 is 2.29 bits per heavy atom. The zero-order chi connectivity index (χ0) is 22.4. The Hall–Kier alpha value is -2.45. The average Bonchev–Trinajstić information content (AvgIpc) is 2.75. The van der Waals surface area contributed by atoms with Crippen LogP contribution in [0.3, 0.4) is 0 Å². The molecule has 0 bridgehead atoms. The van der Waals surface area contributed by atoms with Crippen LogP contribution in [0, 0.1) is 11.7 Å². The second-order valence-corrected chi connectivity index (χ2v) is 9.92. The van der Waals surface area contributed by atoms with Gasteiger partial charge in [0.15, 0.2) is 0 Å². The molecule has 31 heavy (non-hydrogen) atoms. The first-order chi connectivity index (χ1) is 14.8. The van der Waals surface area contributed by atoms with Gasteiger partial charge in [0.1, 0.15) is 11.6 Å². The largest absolute Gasteiger partial charge is 0.491 e. The molecule has 0 spiro atoms. The van der Waals surface area contributed by atoms with Crippen LogP contribution in [0.5, 0.6) is 5.75 Å². The number of hydrogen-bond acceptors (Lipinski definition) is 4. The molecule has 2 aromatic carbocycles. The molecule has 3 rings (SSSR count). The van der Waals surface area contributed by atoms with E-state index in [9.17, 15) is 17.6 Å². The molecule has 1 aliphatic heterocycles. The summed E-state index contributed by atoms with van der Waals surface area (Å²) < 4.78 is 45.4. The molecule has 1 N–H and O–H groups in total. The third-order valence-electron chi connectivity index (χ3n) is 5.28. The number of piperidine rings is 1. The second kappa shape index (κ2) is 10.2. The van der Waals surface area contributed by atoms with E-state index in [4.69, 9.17) is 4.74 Å². The van der Waals surface area contributed by atoms with E-state index in [2.05, 4.69) is 5.32 Å². The number of carbonyl (C=O) groups is 1. The summed E-state index contributed by atoms with van der Waals surface area (Å²) in [6, 6.07) is 12.6. The van der Waals surface area contributed by atoms with Crippen molar-refractivity contribution in [2.24, 2.45) is 5.92 Å². The van der Waals surface area contributed by atoms with Crippen LogP contribution in [-0.2, 0) is 21.2 Å². The number of halogens is 1. The molecule has 168 valence electrons. The molecule has 1 amide bonds. The van der Waals surface area contributed by atoms with Crippen molar-refractivity contribution in [2.45, 2.75) is 44.1 Å². The van der Waals surface area contributed by atoms with Crippen molar-refractivity contribution in [2.75, 3.05) is 19.6 Å². The number of hydrogen-bond donors (Lipinski definition) is 1. The van der Waals surface area contributed by atoms with Gasteiger partial charge in [-0.1, -0.05) is 12.1 Å². The van der Waals surface area contributed by atoms with Gasteiger partial charge in [-0.05, 0) is 75.1 Å². The number of amides is 1. The Morgan fingerprint density at radius 1 is 1.10 bits per heavy atom. The number of carbonyl (C=O) groups excluding carboxylic acids is 1. The fraction of sp³-hybridized carbons (Fsp3) is 0.435. The first kappa shape index (κ1) is 23.2. The normalized spacial score (nSPS) is 15.7. The van der Waals surface area contributed by atoms with Crippen molar-refractivity contribution in [3.8, 4) is 5.75 Å². The van der Waals surface area contributed by atoms with Gasteiger partial charge >= 0.3 is 0 Å². The van der Waals surface area contributed by atoms with Gasteiger partial charge in [-0.2, -0.15) is 4.31 Å². The van der Waals surface area contributed by atoms with Crippen molar-refractivity contribution in [1.29, 1.82) is 0 Å². The Balaban J connectivity index is 1.44. The maximum atomic E-state index is 13.1. The van der Waals surface area contributed by atoms with Crippen LogP contribution < -0.4 is 10.1 Å². The molecular weight excluding hydrogens is 419 g/mol. The summed E-state index contributed by atoms with van der Waals surface area (Å²) in [6.07, 6.45) is 1.77. The molecule has 0 aliphatic carbocycles. The minimum Gasteiger partial charge on any atom is -0.491 e. The summed E-state index contributed by atoms with van der Waals surface area (Å²) in [5.74, 6) is 0.0966. The molecular formula is C23H29FN2O4S. The first-order valence-electron chi connectivity index (χ1n) is 10.5. The highest BCUT2D eigenvalue weighted by molar-refractivity contribution is 7.89. The molecule has 0 atom stereocenters. The molecule has 2 aromatic rings. The van der Waals surface area contributed by atoms with Crippen molar-refractivity contribution < 1.29 is 22.3 Å². The van der Waals surface area contributed by atoms with Crippen LogP contribution in [0.15, 0.2) is 53.4 Å². The van der Waals surface area contributed by atoms with Crippen LogP contribution in [0.4, 0.5) is 4.39 Å². The number of benzene rings is 2. The van der Waals surface area contributed by atoms with Crippen molar-refractivity contribution >= 4 is 15.9 Å². The summed E-state index contributed by atoms with van der Waals surface area (Å²) in [7, 11) is -3.67. The van der Waals surface area contributed by atoms with Gasteiger partial charge < -0.3 is 10.1 Å². The zero-order valence-corrected chi connectivity index (χ0v) is 18.7. The lowest BCUT2D eigenvalue weighted by Crippen LogP contribution is -2.43. The minimum atomic E-state index is -3.67. The number of nitrogens with one attached hydrogen (secondary N) is 1. The molecule has 8 heteroatoms. The summed E-state index contributed by atoms with van der Waals surface area (Å²) in [5.41, 5.74) is 1.11. The topological polar surface area (TPSA) is 75.7 Å². The molecule has 1 aliphatic rings. The van der Waals surface area contributed by atoms with E-state index in [0.29, 0.717) is 25.8 Å². The van der Waals surface area contributed by atoms with E-state index in [1.165, 1.54) is 16.4 Å². The van der Waals surface area contributed by atoms with Gasteiger partial charge in [0, 0.05) is 25.6 Å². The van der Waals surface area contributed by atoms with E-state index in [-0.39, 0.29) is 35.9 Å². The third kappa shape index (κ3) is 6.27. The zero-order valence-electron chi connectivity index (χ0n) is 17.9. The first-order valence-corrected chi connectivity index (χ1v) is 12.0. The standard InChI is InChI=1S/C23H29FN2O4S/c1-17(2)30-21-7-3-18(4-8-21)11-14-25-23(27)19-12-15-26(16-13-19)31(28,29)22-9-5-20(24)6-10-22/h3-10,17,19H,11-16H2,1-2H3,(H,25,27). The van der Waals surface area contributed by atoms with E-state index >= 15 is 0 Å². The maximum Gasteiger partial charge on any atom is 0.243 e. The number of ether oxygens (including phenoxy) is 1. The van der Waals surface area contributed by atoms with Crippen LogP contribution >= 0.6 is 0 Å².